The second-order valence-electron chi connectivity index (χ2n) is 5.44. The first-order valence-corrected chi connectivity index (χ1v) is 8.56. The summed E-state index contributed by atoms with van der Waals surface area (Å²) < 4.78 is 0. The van der Waals surface area contributed by atoms with Crippen LogP contribution in [0.25, 0.3) is 0 Å². The quantitative estimate of drug-likeness (QED) is 0.820. The molecule has 2 N–H and O–H groups in total. The molecule has 1 fully saturated rings. The largest absolute Gasteiger partial charge is 0.352 e. The van der Waals surface area contributed by atoms with Crippen LogP contribution in [0.15, 0.2) is 23.1 Å². The lowest BCUT2D eigenvalue weighted by Crippen LogP contribution is -2.33. The monoisotopic (exact) mass is 292 g/mol. The Labute approximate surface area is 125 Å². The van der Waals surface area contributed by atoms with E-state index in [9.17, 15) is 4.79 Å². The Hall–Kier alpha value is -1.00. The molecule has 1 aromatic rings. The molecule has 1 aliphatic heterocycles. The van der Waals surface area contributed by atoms with Crippen LogP contribution in [0.1, 0.15) is 35.2 Å². The molecule has 1 heterocycles. The topological polar surface area (TPSA) is 41.1 Å². The second kappa shape index (κ2) is 7.70. The summed E-state index contributed by atoms with van der Waals surface area (Å²) in [5.41, 5.74) is 1.85. The Balaban J connectivity index is 1.84. The Morgan fingerprint density at radius 2 is 2.35 bits per heavy atom. The van der Waals surface area contributed by atoms with Gasteiger partial charge in [-0.1, -0.05) is 6.07 Å². The van der Waals surface area contributed by atoms with Crippen LogP contribution in [0.2, 0.25) is 0 Å². The molecule has 3 nitrogen and oxygen atoms in total. The van der Waals surface area contributed by atoms with E-state index in [1.165, 1.54) is 12.8 Å². The Morgan fingerprint density at radius 3 is 3.05 bits per heavy atom. The average molecular weight is 292 g/mol. The summed E-state index contributed by atoms with van der Waals surface area (Å²) in [6, 6.07) is 6.06. The van der Waals surface area contributed by atoms with Crippen molar-refractivity contribution in [1.82, 2.24) is 10.6 Å². The zero-order valence-corrected chi connectivity index (χ0v) is 13.2. The molecule has 110 valence electrons. The lowest BCUT2D eigenvalue weighted by atomic mass is 9.96. The molecule has 1 unspecified atom stereocenters. The molecular formula is C16H24N2OS. The van der Waals surface area contributed by atoms with Crippen molar-refractivity contribution >= 4 is 17.7 Å². The first kappa shape index (κ1) is 15.4. The van der Waals surface area contributed by atoms with Crippen molar-refractivity contribution in [2.75, 3.05) is 25.9 Å². The molecule has 0 aromatic heterocycles. The summed E-state index contributed by atoms with van der Waals surface area (Å²) in [5.74, 6) is 0.768. The standard InChI is InChI=1S/C16H24N2OS/c1-12-5-6-14(20-2)10-15(12)16(19)18-9-7-13-4-3-8-17-11-13/h5-6,10,13,17H,3-4,7-9,11H2,1-2H3,(H,18,19). The van der Waals surface area contributed by atoms with Crippen LogP contribution in [-0.4, -0.2) is 31.8 Å². The van der Waals surface area contributed by atoms with Gasteiger partial charge in [0.1, 0.15) is 0 Å². The van der Waals surface area contributed by atoms with E-state index in [0.29, 0.717) is 5.92 Å². The predicted molar refractivity (Wildman–Crippen MR) is 85.5 cm³/mol. The minimum atomic E-state index is 0.0576. The molecular weight excluding hydrogens is 268 g/mol. The lowest BCUT2D eigenvalue weighted by molar-refractivity contribution is 0.0950. The highest BCUT2D eigenvalue weighted by molar-refractivity contribution is 7.98. The zero-order chi connectivity index (χ0) is 14.4. The number of carbonyl (C=O) groups is 1. The number of benzene rings is 1. The molecule has 0 radical (unpaired) electrons. The number of amides is 1. The lowest BCUT2D eigenvalue weighted by Gasteiger charge is -2.22. The van der Waals surface area contributed by atoms with Gasteiger partial charge < -0.3 is 10.6 Å². The predicted octanol–water partition coefficient (Wildman–Crippen LogP) is 2.84. The van der Waals surface area contributed by atoms with Gasteiger partial charge in [0, 0.05) is 17.0 Å². The number of aryl methyl sites for hydroxylation is 1. The minimum Gasteiger partial charge on any atom is -0.352 e. The van der Waals surface area contributed by atoms with Gasteiger partial charge in [0.2, 0.25) is 0 Å². The number of nitrogens with one attached hydrogen (secondary N) is 2. The fourth-order valence-corrected chi connectivity index (χ4v) is 3.07. The fraction of sp³-hybridized carbons (Fsp3) is 0.562. The third-order valence-electron chi connectivity index (χ3n) is 3.93. The van der Waals surface area contributed by atoms with Gasteiger partial charge in [0.15, 0.2) is 0 Å². The van der Waals surface area contributed by atoms with Gasteiger partial charge in [-0.05, 0) is 69.1 Å². The number of carbonyl (C=O) groups excluding carboxylic acids is 1. The summed E-state index contributed by atoms with van der Waals surface area (Å²) in [7, 11) is 0. The van der Waals surface area contributed by atoms with Crippen LogP contribution < -0.4 is 10.6 Å². The van der Waals surface area contributed by atoms with Gasteiger partial charge >= 0.3 is 0 Å². The van der Waals surface area contributed by atoms with E-state index in [4.69, 9.17) is 0 Å². The van der Waals surface area contributed by atoms with Crippen molar-refractivity contribution < 1.29 is 4.79 Å². The van der Waals surface area contributed by atoms with E-state index < -0.39 is 0 Å². The van der Waals surface area contributed by atoms with Crippen molar-refractivity contribution in [3.63, 3.8) is 0 Å². The van der Waals surface area contributed by atoms with Crippen LogP contribution in [-0.2, 0) is 0 Å². The SMILES string of the molecule is CSc1ccc(C)c(C(=O)NCCC2CCCNC2)c1. The van der Waals surface area contributed by atoms with Crippen LogP contribution in [0.4, 0.5) is 0 Å². The molecule has 1 aliphatic rings. The van der Waals surface area contributed by atoms with Gasteiger partial charge in [-0.15, -0.1) is 11.8 Å². The van der Waals surface area contributed by atoms with E-state index in [1.54, 1.807) is 11.8 Å². The second-order valence-corrected chi connectivity index (χ2v) is 6.32. The highest BCUT2D eigenvalue weighted by Gasteiger charge is 2.14. The molecule has 20 heavy (non-hydrogen) atoms. The number of hydrogen-bond donors (Lipinski definition) is 2. The number of thioether (sulfide) groups is 1. The van der Waals surface area contributed by atoms with Gasteiger partial charge in [0.25, 0.3) is 5.91 Å². The van der Waals surface area contributed by atoms with E-state index in [-0.39, 0.29) is 5.91 Å². The first-order valence-electron chi connectivity index (χ1n) is 7.34. The number of rotatable bonds is 5. The third kappa shape index (κ3) is 4.25. The van der Waals surface area contributed by atoms with Crippen LogP contribution >= 0.6 is 11.8 Å². The Bertz CT molecular complexity index is 456. The summed E-state index contributed by atoms with van der Waals surface area (Å²) in [4.78, 5) is 13.4. The zero-order valence-electron chi connectivity index (χ0n) is 12.4. The molecule has 0 saturated carbocycles. The molecule has 0 aliphatic carbocycles. The van der Waals surface area contributed by atoms with E-state index in [2.05, 4.69) is 16.7 Å². The van der Waals surface area contributed by atoms with Crippen LogP contribution in [0, 0.1) is 12.8 Å². The normalized spacial score (nSPS) is 18.8. The highest BCUT2D eigenvalue weighted by atomic mass is 32.2. The maximum Gasteiger partial charge on any atom is 0.251 e. The van der Waals surface area contributed by atoms with E-state index in [0.717, 1.165) is 42.1 Å². The van der Waals surface area contributed by atoms with Crippen molar-refractivity contribution in [3.05, 3.63) is 29.3 Å². The summed E-state index contributed by atoms with van der Waals surface area (Å²) in [5, 5.41) is 6.48. The van der Waals surface area contributed by atoms with E-state index >= 15 is 0 Å². The Kier molecular flexibility index (Phi) is 5.92. The van der Waals surface area contributed by atoms with Gasteiger partial charge in [0.05, 0.1) is 0 Å². The third-order valence-corrected chi connectivity index (χ3v) is 4.65. The smallest absolute Gasteiger partial charge is 0.251 e. The molecule has 1 saturated heterocycles. The molecule has 1 atom stereocenters. The van der Waals surface area contributed by atoms with Crippen LogP contribution in [0.5, 0.6) is 0 Å². The number of piperidine rings is 1. The number of hydrogen-bond acceptors (Lipinski definition) is 3. The molecule has 0 spiro atoms. The molecule has 0 bridgehead atoms. The maximum atomic E-state index is 12.2. The summed E-state index contributed by atoms with van der Waals surface area (Å²) in [6.07, 6.45) is 5.64. The highest BCUT2D eigenvalue weighted by Crippen LogP contribution is 2.19. The molecule has 2 rings (SSSR count). The minimum absolute atomic E-state index is 0.0576. The van der Waals surface area contributed by atoms with Crippen molar-refractivity contribution in [2.24, 2.45) is 5.92 Å². The molecule has 1 amide bonds. The van der Waals surface area contributed by atoms with E-state index in [1.807, 2.05) is 25.3 Å². The van der Waals surface area contributed by atoms with Crippen molar-refractivity contribution in [3.8, 4) is 0 Å². The fourth-order valence-electron chi connectivity index (χ4n) is 2.63. The maximum absolute atomic E-state index is 12.2. The average Bonchev–Trinajstić information content (AvgIpc) is 2.48. The van der Waals surface area contributed by atoms with Crippen molar-refractivity contribution in [1.29, 1.82) is 0 Å². The van der Waals surface area contributed by atoms with Gasteiger partial charge in [-0.25, -0.2) is 0 Å². The summed E-state index contributed by atoms with van der Waals surface area (Å²) >= 11 is 1.67. The summed E-state index contributed by atoms with van der Waals surface area (Å²) in [6.45, 7) is 5.00. The molecule has 1 aromatic carbocycles. The van der Waals surface area contributed by atoms with Crippen molar-refractivity contribution in [2.45, 2.75) is 31.1 Å². The molecule has 4 heteroatoms. The van der Waals surface area contributed by atoms with Gasteiger partial charge in [-0.3, -0.25) is 4.79 Å². The van der Waals surface area contributed by atoms with Crippen LogP contribution in [0.3, 0.4) is 0 Å². The van der Waals surface area contributed by atoms with Gasteiger partial charge in [-0.2, -0.15) is 0 Å². The first-order chi connectivity index (χ1) is 9.70. The Morgan fingerprint density at radius 1 is 1.50 bits per heavy atom.